The number of aryl methyl sites for hydroxylation is 2. The lowest BCUT2D eigenvalue weighted by molar-refractivity contribution is 0.0544. The number of nitrogens with zero attached hydrogens (tertiary/aromatic N) is 9. The van der Waals surface area contributed by atoms with Crippen molar-refractivity contribution in [3.8, 4) is 22.3 Å². The number of benzene rings is 2. The Kier molecular flexibility index (Phi) is 12.1. The van der Waals surface area contributed by atoms with Crippen LogP contribution in [-0.2, 0) is 27.2 Å². The van der Waals surface area contributed by atoms with Crippen molar-refractivity contribution in [3.63, 3.8) is 0 Å². The number of hydrogen-bond donors (Lipinski definition) is 0. The first-order chi connectivity index (χ1) is 29.1. The van der Waals surface area contributed by atoms with Crippen LogP contribution in [0.4, 0.5) is 19.0 Å². The standard InChI is InChI=1S/C25H28FN5O.C21H20F2N4O/c1-29-16-23(28-17-29)25(32)31(20-5-4-6-20)15-18-7-9-22(26)21(13-18)19-8-10-24(27-14-19)30-11-2-3-12-30;1-26-12-19(25-13-26)21(28)27(16-3-2-4-16)11-14-5-7-18(22)17(9-14)15-6-8-20(23)24-10-15/h7-10,13-14,16-17,20H,2-6,11-12,15H2,1H3;5-10,12-13,16H,2-4,11H2,1H3. The second-order valence-corrected chi connectivity index (χ2v) is 16.0. The third-order valence-electron chi connectivity index (χ3n) is 11.7. The molecule has 60 heavy (non-hydrogen) atoms. The van der Waals surface area contributed by atoms with Crippen LogP contribution in [0.15, 0.2) is 98.1 Å². The smallest absolute Gasteiger partial charge is 0.274 e. The highest BCUT2D eigenvalue weighted by molar-refractivity contribution is 5.93. The summed E-state index contributed by atoms with van der Waals surface area (Å²) < 4.78 is 45.7. The van der Waals surface area contributed by atoms with Gasteiger partial charge in [-0.2, -0.15) is 4.39 Å². The summed E-state index contributed by atoms with van der Waals surface area (Å²) in [6, 6.07) is 16.8. The zero-order chi connectivity index (χ0) is 41.8. The first-order valence-corrected chi connectivity index (χ1v) is 20.6. The summed E-state index contributed by atoms with van der Waals surface area (Å²) in [5, 5.41) is 0. The molecule has 3 aliphatic rings. The average Bonchev–Trinajstić information content (AvgIpc) is 4.01. The van der Waals surface area contributed by atoms with E-state index < -0.39 is 11.8 Å². The monoisotopic (exact) mass is 815 g/mol. The molecule has 0 radical (unpaired) electrons. The molecule has 0 spiro atoms. The van der Waals surface area contributed by atoms with Gasteiger partial charge in [0.25, 0.3) is 11.8 Å². The van der Waals surface area contributed by atoms with Crippen LogP contribution in [0, 0.1) is 17.6 Å². The number of anilines is 1. The summed E-state index contributed by atoms with van der Waals surface area (Å²) in [7, 11) is 3.67. The Morgan fingerprint density at radius 2 is 1.10 bits per heavy atom. The number of aromatic nitrogens is 6. The molecule has 3 fully saturated rings. The van der Waals surface area contributed by atoms with Crippen LogP contribution in [0.5, 0.6) is 0 Å². The Morgan fingerprint density at radius 1 is 0.617 bits per heavy atom. The van der Waals surface area contributed by atoms with Crippen molar-refractivity contribution < 1.29 is 22.8 Å². The number of carbonyl (C=O) groups excluding carboxylic acids is 2. The van der Waals surface area contributed by atoms with E-state index in [-0.39, 0.29) is 29.7 Å². The normalized spacial score (nSPS) is 15.2. The molecule has 310 valence electrons. The van der Waals surface area contributed by atoms with Gasteiger partial charge in [0.1, 0.15) is 28.8 Å². The van der Waals surface area contributed by atoms with Crippen molar-refractivity contribution in [2.75, 3.05) is 18.0 Å². The van der Waals surface area contributed by atoms with Gasteiger partial charge in [0, 0.05) is 99.4 Å². The summed E-state index contributed by atoms with van der Waals surface area (Å²) in [6.45, 7) is 2.85. The molecule has 0 atom stereocenters. The van der Waals surface area contributed by atoms with Crippen LogP contribution >= 0.6 is 0 Å². The second-order valence-electron chi connectivity index (χ2n) is 16.0. The van der Waals surface area contributed by atoms with Crippen molar-refractivity contribution in [1.29, 1.82) is 0 Å². The highest BCUT2D eigenvalue weighted by Gasteiger charge is 2.32. The maximum Gasteiger partial charge on any atom is 0.274 e. The molecule has 14 heteroatoms. The maximum atomic E-state index is 14.7. The summed E-state index contributed by atoms with van der Waals surface area (Å²) in [5.74, 6) is -0.561. The third kappa shape index (κ3) is 9.12. The van der Waals surface area contributed by atoms with Crippen molar-refractivity contribution in [2.24, 2.45) is 14.1 Å². The third-order valence-corrected chi connectivity index (χ3v) is 11.7. The molecular weight excluding hydrogens is 768 g/mol. The highest BCUT2D eigenvalue weighted by atomic mass is 19.1. The summed E-state index contributed by atoms with van der Waals surface area (Å²) in [4.78, 5) is 48.7. The Labute approximate surface area is 347 Å². The van der Waals surface area contributed by atoms with Gasteiger partial charge in [0.15, 0.2) is 0 Å². The maximum absolute atomic E-state index is 14.7. The largest absolute Gasteiger partial charge is 0.357 e. The van der Waals surface area contributed by atoms with Gasteiger partial charge in [-0.15, -0.1) is 0 Å². The van der Waals surface area contributed by atoms with E-state index in [1.54, 1.807) is 58.6 Å². The van der Waals surface area contributed by atoms with Crippen LogP contribution in [0.2, 0.25) is 0 Å². The topological polar surface area (TPSA) is 105 Å². The predicted octanol–water partition coefficient (Wildman–Crippen LogP) is 8.37. The van der Waals surface area contributed by atoms with Crippen LogP contribution in [0.3, 0.4) is 0 Å². The summed E-state index contributed by atoms with van der Waals surface area (Å²) >= 11 is 0. The number of amides is 2. The molecule has 2 aliphatic carbocycles. The lowest BCUT2D eigenvalue weighted by Crippen LogP contribution is -2.43. The van der Waals surface area contributed by atoms with E-state index in [0.29, 0.717) is 41.2 Å². The van der Waals surface area contributed by atoms with Gasteiger partial charge in [-0.3, -0.25) is 9.59 Å². The number of rotatable bonds is 11. The Bertz CT molecular complexity index is 2440. The molecule has 2 saturated carbocycles. The Hall–Kier alpha value is -6.31. The summed E-state index contributed by atoms with van der Waals surface area (Å²) in [6.07, 6.45) is 18.2. The molecule has 0 unspecified atom stereocenters. The molecular formula is C46H48F3N9O2. The molecule has 6 aromatic rings. The zero-order valence-electron chi connectivity index (χ0n) is 33.9. The predicted molar refractivity (Wildman–Crippen MR) is 222 cm³/mol. The SMILES string of the molecule is Cn1cnc(C(=O)N(Cc2ccc(F)c(-c3ccc(F)nc3)c2)C2CCC2)c1.Cn1cnc(C(=O)N(Cc2ccc(F)c(-c3ccc(N4CCCC4)nc3)c2)C2CCC2)c1. The van der Waals surface area contributed by atoms with Gasteiger partial charge in [0.2, 0.25) is 5.95 Å². The van der Waals surface area contributed by atoms with E-state index in [1.807, 2.05) is 42.1 Å². The fraction of sp³-hybridized carbons (Fsp3) is 0.348. The van der Waals surface area contributed by atoms with Crippen molar-refractivity contribution in [2.45, 2.75) is 76.5 Å². The average molecular weight is 816 g/mol. The zero-order valence-corrected chi connectivity index (χ0v) is 33.9. The van der Waals surface area contributed by atoms with Gasteiger partial charge < -0.3 is 23.8 Å². The second kappa shape index (κ2) is 17.9. The Balaban J connectivity index is 0.000000168. The molecule has 0 bridgehead atoms. The van der Waals surface area contributed by atoms with Gasteiger partial charge in [-0.05, 0) is 111 Å². The first kappa shape index (κ1) is 40.5. The first-order valence-electron chi connectivity index (χ1n) is 20.6. The van der Waals surface area contributed by atoms with E-state index in [1.165, 1.54) is 43.3 Å². The fourth-order valence-corrected chi connectivity index (χ4v) is 7.86. The van der Waals surface area contributed by atoms with Crippen LogP contribution in [0.1, 0.15) is 83.5 Å². The van der Waals surface area contributed by atoms with Crippen molar-refractivity contribution >= 4 is 17.6 Å². The van der Waals surface area contributed by atoms with Gasteiger partial charge in [-0.25, -0.2) is 28.7 Å². The number of hydrogen-bond acceptors (Lipinski definition) is 7. The van der Waals surface area contributed by atoms with Gasteiger partial charge in [-0.1, -0.05) is 12.1 Å². The van der Waals surface area contributed by atoms with E-state index in [2.05, 4.69) is 24.8 Å². The van der Waals surface area contributed by atoms with Crippen LogP contribution < -0.4 is 4.90 Å². The number of carbonyl (C=O) groups is 2. The highest BCUT2D eigenvalue weighted by Crippen LogP contribution is 2.32. The van der Waals surface area contributed by atoms with Gasteiger partial charge >= 0.3 is 0 Å². The minimum absolute atomic E-state index is 0.0715. The van der Waals surface area contributed by atoms with E-state index in [0.717, 1.165) is 74.1 Å². The lowest BCUT2D eigenvalue weighted by Gasteiger charge is -2.37. The molecule has 2 aromatic carbocycles. The molecule has 11 nitrogen and oxygen atoms in total. The lowest BCUT2D eigenvalue weighted by atomic mass is 9.90. The minimum atomic E-state index is -0.613. The van der Waals surface area contributed by atoms with Gasteiger partial charge in [0.05, 0.1) is 12.7 Å². The molecule has 2 amide bonds. The molecule has 1 aliphatic heterocycles. The van der Waals surface area contributed by atoms with Crippen LogP contribution in [-0.4, -0.2) is 75.9 Å². The molecule has 9 rings (SSSR count). The molecule has 4 aromatic heterocycles. The van der Waals surface area contributed by atoms with E-state index >= 15 is 0 Å². The quantitative estimate of drug-likeness (QED) is 0.121. The minimum Gasteiger partial charge on any atom is -0.357 e. The number of imidazole rings is 2. The fourth-order valence-electron chi connectivity index (χ4n) is 7.86. The van der Waals surface area contributed by atoms with Crippen molar-refractivity contribution in [1.82, 2.24) is 38.9 Å². The van der Waals surface area contributed by atoms with E-state index in [9.17, 15) is 22.8 Å². The molecule has 5 heterocycles. The Morgan fingerprint density at radius 3 is 1.48 bits per heavy atom. The number of halogens is 3. The molecule has 1 saturated heterocycles. The van der Waals surface area contributed by atoms with Crippen LogP contribution in [0.25, 0.3) is 22.3 Å². The van der Waals surface area contributed by atoms with E-state index in [4.69, 9.17) is 0 Å². The van der Waals surface area contributed by atoms with Crippen molar-refractivity contribution in [3.05, 3.63) is 138 Å². The number of pyridine rings is 2. The summed E-state index contributed by atoms with van der Waals surface area (Å²) in [5.41, 5.74) is 4.65. The molecule has 0 N–H and O–H groups in total.